The Hall–Kier alpha value is -2.34. The highest BCUT2D eigenvalue weighted by Gasteiger charge is 2.12. The van der Waals surface area contributed by atoms with Crippen LogP contribution >= 0.6 is 0 Å². The van der Waals surface area contributed by atoms with E-state index in [2.05, 4.69) is 9.93 Å². The van der Waals surface area contributed by atoms with Gasteiger partial charge in [-0.25, -0.2) is 0 Å². The lowest BCUT2D eigenvalue weighted by atomic mass is 10.1. The third-order valence-electron chi connectivity index (χ3n) is 2.97. The SMILES string of the molecule is C/C(=N\NS(=O)(=O)c1ccc(C)cc1)c1cccc(N)c1. The number of nitrogens with two attached hydrogens (primary N) is 1. The average molecular weight is 303 g/mol. The molecule has 0 saturated heterocycles. The van der Waals surface area contributed by atoms with Crippen molar-refractivity contribution in [1.82, 2.24) is 4.83 Å². The summed E-state index contributed by atoms with van der Waals surface area (Å²) in [6, 6.07) is 13.7. The summed E-state index contributed by atoms with van der Waals surface area (Å²) < 4.78 is 24.2. The molecule has 0 bridgehead atoms. The van der Waals surface area contributed by atoms with Gasteiger partial charge in [0.2, 0.25) is 0 Å². The van der Waals surface area contributed by atoms with Crippen molar-refractivity contribution in [3.63, 3.8) is 0 Å². The van der Waals surface area contributed by atoms with Crippen LogP contribution in [0.2, 0.25) is 0 Å². The second-order valence-corrected chi connectivity index (χ2v) is 6.39. The number of hydrazone groups is 1. The van der Waals surface area contributed by atoms with Crippen molar-refractivity contribution in [3.8, 4) is 0 Å². The molecular formula is C15H17N3O2S. The smallest absolute Gasteiger partial charge is 0.276 e. The van der Waals surface area contributed by atoms with Crippen molar-refractivity contribution in [2.75, 3.05) is 5.73 Å². The molecule has 0 heterocycles. The van der Waals surface area contributed by atoms with Crippen LogP contribution in [0, 0.1) is 6.92 Å². The van der Waals surface area contributed by atoms with Gasteiger partial charge in [0, 0.05) is 5.69 Å². The molecule has 0 saturated carbocycles. The minimum Gasteiger partial charge on any atom is -0.399 e. The molecule has 0 radical (unpaired) electrons. The Morgan fingerprint density at radius 1 is 1.14 bits per heavy atom. The molecule has 0 aliphatic carbocycles. The van der Waals surface area contributed by atoms with E-state index in [0.29, 0.717) is 11.4 Å². The van der Waals surface area contributed by atoms with Gasteiger partial charge < -0.3 is 5.73 Å². The zero-order valence-corrected chi connectivity index (χ0v) is 12.7. The molecule has 0 aliphatic rings. The fourth-order valence-corrected chi connectivity index (χ4v) is 2.58. The van der Waals surface area contributed by atoms with Crippen LogP contribution in [-0.2, 0) is 10.0 Å². The first-order valence-electron chi connectivity index (χ1n) is 6.37. The molecule has 2 aromatic rings. The molecule has 0 aliphatic heterocycles. The predicted molar refractivity (Wildman–Crippen MR) is 84.6 cm³/mol. The minimum absolute atomic E-state index is 0.178. The van der Waals surface area contributed by atoms with Gasteiger partial charge in [-0.15, -0.1) is 0 Å². The van der Waals surface area contributed by atoms with E-state index in [0.717, 1.165) is 11.1 Å². The molecule has 3 N–H and O–H groups in total. The summed E-state index contributed by atoms with van der Waals surface area (Å²) in [5, 5.41) is 3.93. The molecule has 0 unspecified atom stereocenters. The van der Waals surface area contributed by atoms with Crippen LogP contribution in [0.1, 0.15) is 18.1 Å². The molecule has 21 heavy (non-hydrogen) atoms. The van der Waals surface area contributed by atoms with Crippen LogP contribution < -0.4 is 10.6 Å². The standard InChI is InChI=1S/C15H17N3O2S/c1-11-6-8-15(9-7-11)21(19,20)18-17-12(2)13-4-3-5-14(16)10-13/h3-10,18H,16H2,1-2H3/b17-12+. The lowest BCUT2D eigenvalue weighted by Crippen LogP contribution is -2.20. The predicted octanol–water partition coefficient (Wildman–Crippen LogP) is 2.28. The molecule has 2 rings (SSSR count). The zero-order chi connectivity index (χ0) is 15.5. The van der Waals surface area contributed by atoms with Crippen molar-refractivity contribution < 1.29 is 8.42 Å². The van der Waals surface area contributed by atoms with Gasteiger partial charge in [-0.05, 0) is 43.7 Å². The van der Waals surface area contributed by atoms with E-state index >= 15 is 0 Å². The largest absolute Gasteiger partial charge is 0.399 e. The summed E-state index contributed by atoms with van der Waals surface area (Å²) in [5.41, 5.74) is 8.59. The van der Waals surface area contributed by atoms with E-state index in [4.69, 9.17) is 5.73 Å². The number of benzene rings is 2. The maximum Gasteiger partial charge on any atom is 0.276 e. The lowest BCUT2D eigenvalue weighted by molar-refractivity contribution is 0.584. The minimum atomic E-state index is -3.66. The Balaban J connectivity index is 2.21. The summed E-state index contributed by atoms with van der Waals surface area (Å²) in [6.07, 6.45) is 0. The monoisotopic (exact) mass is 303 g/mol. The molecule has 2 aromatic carbocycles. The van der Waals surface area contributed by atoms with Gasteiger partial charge in [-0.1, -0.05) is 29.8 Å². The molecule has 0 amide bonds. The van der Waals surface area contributed by atoms with Crippen molar-refractivity contribution in [1.29, 1.82) is 0 Å². The number of hydrogen-bond acceptors (Lipinski definition) is 4. The number of nitrogen functional groups attached to an aromatic ring is 1. The fourth-order valence-electron chi connectivity index (χ4n) is 1.73. The molecule has 0 aromatic heterocycles. The number of rotatable bonds is 4. The van der Waals surface area contributed by atoms with E-state index in [9.17, 15) is 8.42 Å². The zero-order valence-electron chi connectivity index (χ0n) is 11.9. The van der Waals surface area contributed by atoms with Gasteiger partial charge in [0.15, 0.2) is 0 Å². The third-order valence-corrected chi connectivity index (χ3v) is 4.19. The van der Waals surface area contributed by atoms with Crippen LogP contribution in [0.15, 0.2) is 58.5 Å². The van der Waals surface area contributed by atoms with Gasteiger partial charge in [-0.2, -0.15) is 18.4 Å². The number of anilines is 1. The molecule has 0 fully saturated rings. The number of nitrogens with zero attached hydrogens (tertiary/aromatic N) is 1. The Morgan fingerprint density at radius 3 is 2.43 bits per heavy atom. The number of sulfonamides is 1. The van der Waals surface area contributed by atoms with E-state index in [1.54, 1.807) is 49.4 Å². The summed E-state index contributed by atoms with van der Waals surface area (Å²) in [5.74, 6) is 0. The normalized spacial score (nSPS) is 12.2. The van der Waals surface area contributed by atoms with Crippen LogP contribution in [0.25, 0.3) is 0 Å². The highest BCUT2D eigenvalue weighted by Crippen LogP contribution is 2.11. The highest BCUT2D eigenvalue weighted by atomic mass is 32.2. The van der Waals surface area contributed by atoms with Crippen molar-refractivity contribution in [3.05, 3.63) is 59.7 Å². The maximum absolute atomic E-state index is 12.1. The first kappa shape index (κ1) is 15.1. The van der Waals surface area contributed by atoms with E-state index in [-0.39, 0.29) is 4.90 Å². The second-order valence-electron chi connectivity index (χ2n) is 4.73. The molecule has 0 atom stereocenters. The molecule has 5 nitrogen and oxygen atoms in total. The third kappa shape index (κ3) is 3.82. The number of nitrogens with one attached hydrogen (secondary N) is 1. The van der Waals surface area contributed by atoms with Gasteiger partial charge in [0.25, 0.3) is 10.0 Å². The Bertz CT molecular complexity index is 766. The molecule has 6 heteroatoms. The lowest BCUT2D eigenvalue weighted by Gasteiger charge is -2.06. The van der Waals surface area contributed by atoms with E-state index in [1.165, 1.54) is 0 Å². The van der Waals surface area contributed by atoms with Crippen molar-refractivity contribution >= 4 is 21.4 Å². The Kier molecular flexibility index (Phi) is 4.28. The van der Waals surface area contributed by atoms with Crippen LogP contribution in [0.3, 0.4) is 0 Å². The van der Waals surface area contributed by atoms with Gasteiger partial charge in [-0.3, -0.25) is 0 Å². The second kappa shape index (κ2) is 5.97. The first-order valence-corrected chi connectivity index (χ1v) is 7.85. The van der Waals surface area contributed by atoms with Crippen LogP contribution in [0.4, 0.5) is 5.69 Å². The van der Waals surface area contributed by atoms with Crippen molar-refractivity contribution in [2.24, 2.45) is 5.10 Å². The van der Waals surface area contributed by atoms with E-state index < -0.39 is 10.0 Å². The van der Waals surface area contributed by atoms with Crippen molar-refractivity contribution in [2.45, 2.75) is 18.7 Å². The molecule has 110 valence electrons. The highest BCUT2D eigenvalue weighted by molar-refractivity contribution is 7.89. The van der Waals surface area contributed by atoms with Gasteiger partial charge >= 0.3 is 0 Å². The van der Waals surface area contributed by atoms with E-state index in [1.807, 2.05) is 13.0 Å². The summed E-state index contributed by atoms with van der Waals surface area (Å²) in [4.78, 5) is 2.41. The summed E-state index contributed by atoms with van der Waals surface area (Å²) in [6.45, 7) is 3.61. The summed E-state index contributed by atoms with van der Waals surface area (Å²) in [7, 11) is -3.66. The van der Waals surface area contributed by atoms with Gasteiger partial charge in [0.05, 0.1) is 10.6 Å². The average Bonchev–Trinajstić information content (AvgIpc) is 2.45. The first-order chi connectivity index (χ1) is 9.88. The Morgan fingerprint density at radius 2 is 1.81 bits per heavy atom. The fraction of sp³-hybridized carbons (Fsp3) is 0.133. The van der Waals surface area contributed by atoms with Gasteiger partial charge in [0.1, 0.15) is 0 Å². The molecule has 0 spiro atoms. The maximum atomic E-state index is 12.1. The topological polar surface area (TPSA) is 84.5 Å². The van der Waals surface area contributed by atoms with Crippen LogP contribution in [-0.4, -0.2) is 14.1 Å². The molecular weight excluding hydrogens is 286 g/mol. The summed E-state index contributed by atoms with van der Waals surface area (Å²) >= 11 is 0. The quantitative estimate of drug-likeness (QED) is 0.516. The number of aryl methyl sites for hydroxylation is 1. The van der Waals surface area contributed by atoms with Crippen LogP contribution in [0.5, 0.6) is 0 Å². The Labute approximate surface area is 124 Å². The number of hydrogen-bond donors (Lipinski definition) is 2.